The van der Waals surface area contributed by atoms with Gasteiger partial charge in [-0.1, -0.05) is 30.3 Å². The molecular formula is C19H16N2O2. The summed E-state index contributed by atoms with van der Waals surface area (Å²) in [6, 6.07) is 20.5. The van der Waals surface area contributed by atoms with Gasteiger partial charge in [-0.25, -0.2) is 0 Å². The minimum Gasteiger partial charge on any atom is -0.398 e. The van der Waals surface area contributed by atoms with E-state index in [2.05, 4.69) is 6.07 Å². The lowest BCUT2D eigenvalue weighted by molar-refractivity contribution is -0.384. The second kappa shape index (κ2) is 5.93. The molecule has 0 aromatic heterocycles. The third-order valence-electron chi connectivity index (χ3n) is 3.80. The van der Waals surface area contributed by atoms with Crippen LogP contribution in [0.1, 0.15) is 5.56 Å². The van der Waals surface area contributed by atoms with Gasteiger partial charge in [0.25, 0.3) is 5.69 Å². The van der Waals surface area contributed by atoms with Crippen LogP contribution in [0.4, 0.5) is 11.4 Å². The Kier molecular flexibility index (Phi) is 3.81. The topological polar surface area (TPSA) is 69.2 Å². The van der Waals surface area contributed by atoms with Gasteiger partial charge in [0.1, 0.15) is 0 Å². The van der Waals surface area contributed by atoms with Gasteiger partial charge in [0.15, 0.2) is 0 Å². The van der Waals surface area contributed by atoms with Crippen molar-refractivity contribution in [1.29, 1.82) is 0 Å². The number of hydrogen-bond donors (Lipinski definition) is 1. The summed E-state index contributed by atoms with van der Waals surface area (Å²) in [4.78, 5) is 10.4. The van der Waals surface area contributed by atoms with E-state index in [-0.39, 0.29) is 5.69 Å². The molecule has 0 spiro atoms. The molecule has 0 atom stereocenters. The molecule has 0 saturated carbocycles. The molecule has 4 heteroatoms. The number of nitrogen functional groups attached to an aromatic ring is 1. The number of nitro groups is 1. The molecule has 3 aromatic carbocycles. The quantitative estimate of drug-likeness (QED) is 0.428. The summed E-state index contributed by atoms with van der Waals surface area (Å²) in [6.45, 7) is 2.01. The van der Waals surface area contributed by atoms with Crippen LogP contribution in [0.3, 0.4) is 0 Å². The van der Waals surface area contributed by atoms with Crippen LogP contribution in [-0.4, -0.2) is 4.92 Å². The molecule has 0 unspecified atom stereocenters. The molecule has 0 radical (unpaired) electrons. The first-order valence-electron chi connectivity index (χ1n) is 7.26. The standard InChI is InChI=1S/C19H16N2O2/c1-13-11-17(14-5-3-2-4-6-14)19(20)18(12-13)15-7-9-16(10-8-15)21(22)23/h2-12H,20H2,1H3. The third-order valence-corrected chi connectivity index (χ3v) is 3.80. The normalized spacial score (nSPS) is 10.5. The maximum atomic E-state index is 10.8. The van der Waals surface area contributed by atoms with Crippen LogP contribution in [0.25, 0.3) is 22.3 Å². The third kappa shape index (κ3) is 2.92. The summed E-state index contributed by atoms with van der Waals surface area (Å²) in [7, 11) is 0. The molecule has 2 N–H and O–H groups in total. The number of hydrogen-bond acceptors (Lipinski definition) is 3. The largest absolute Gasteiger partial charge is 0.398 e. The lowest BCUT2D eigenvalue weighted by atomic mass is 9.94. The molecule has 3 aromatic rings. The summed E-state index contributed by atoms with van der Waals surface area (Å²) in [5.74, 6) is 0. The van der Waals surface area contributed by atoms with E-state index in [1.807, 2.05) is 43.3 Å². The van der Waals surface area contributed by atoms with E-state index in [0.717, 1.165) is 27.8 Å². The van der Waals surface area contributed by atoms with Gasteiger partial charge in [0.05, 0.1) is 4.92 Å². The number of nitro benzene ring substituents is 1. The first-order chi connectivity index (χ1) is 11.1. The summed E-state index contributed by atoms with van der Waals surface area (Å²) in [6.07, 6.45) is 0. The van der Waals surface area contributed by atoms with Crippen LogP contribution in [0.2, 0.25) is 0 Å². The zero-order chi connectivity index (χ0) is 16.4. The molecule has 3 rings (SSSR count). The van der Waals surface area contributed by atoms with Gasteiger partial charge < -0.3 is 5.73 Å². The van der Waals surface area contributed by atoms with Gasteiger partial charge in [-0.15, -0.1) is 0 Å². The Hall–Kier alpha value is -3.14. The second-order valence-electron chi connectivity index (χ2n) is 5.44. The molecule has 0 fully saturated rings. The van der Waals surface area contributed by atoms with Crippen molar-refractivity contribution >= 4 is 11.4 Å². The van der Waals surface area contributed by atoms with Crippen molar-refractivity contribution in [1.82, 2.24) is 0 Å². The van der Waals surface area contributed by atoms with Crippen molar-refractivity contribution in [2.24, 2.45) is 0 Å². The Labute approximate surface area is 134 Å². The molecule has 0 aliphatic heterocycles. The van der Waals surface area contributed by atoms with E-state index >= 15 is 0 Å². The second-order valence-corrected chi connectivity index (χ2v) is 5.44. The molecule has 114 valence electrons. The monoisotopic (exact) mass is 304 g/mol. The summed E-state index contributed by atoms with van der Waals surface area (Å²) in [5, 5.41) is 10.8. The zero-order valence-corrected chi connectivity index (χ0v) is 12.7. The maximum Gasteiger partial charge on any atom is 0.269 e. The van der Waals surface area contributed by atoms with E-state index in [1.165, 1.54) is 12.1 Å². The van der Waals surface area contributed by atoms with Crippen molar-refractivity contribution in [3.05, 3.63) is 82.4 Å². The Morgan fingerprint density at radius 3 is 1.91 bits per heavy atom. The van der Waals surface area contributed by atoms with Crippen molar-refractivity contribution < 1.29 is 4.92 Å². The molecule has 0 amide bonds. The zero-order valence-electron chi connectivity index (χ0n) is 12.7. The van der Waals surface area contributed by atoms with Crippen molar-refractivity contribution in [3.63, 3.8) is 0 Å². The van der Waals surface area contributed by atoms with E-state index < -0.39 is 4.92 Å². The summed E-state index contributed by atoms with van der Waals surface area (Å²) < 4.78 is 0. The number of non-ortho nitro benzene ring substituents is 1. The van der Waals surface area contributed by atoms with E-state index in [9.17, 15) is 10.1 Å². The van der Waals surface area contributed by atoms with Gasteiger partial charge in [0.2, 0.25) is 0 Å². The number of nitrogens with two attached hydrogens (primary N) is 1. The smallest absolute Gasteiger partial charge is 0.269 e. The first kappa shape index (κ1) is 14.8. The molecule has 4 nitrogen and oxygen atoms in total. The highest BCUT2D eigenvalue weighted by Gasteiger charge is 2.12. The van der Waals surface area contributed by atoms with E-state index in [4.69, 9.17) is 5.73 Å². The minimum absolute atomic E-state index is 0.0725. The molecule has 23 heavy (non-hydrogen) atoms. The van der Waals surface area contributed by atoms with Gasteiger partial charge in [0, 0.05) is 28.9 Å². The van der Waals surface area contributed by atoms with Crippen LogP contribution in [0, 0.1) is 17.0 Å². The average molecular weight is 304 g/mol. The van der Waals surface area contributed by atoms with Gasteiger partial charge in [-0.2, -0.15) is 0 Å². The van der Waals surface area contributed by atoms with Crippen LogP contribution >= 0.6 is 0 Å². The Morgan fingerprint density at radius 2 is 1.39 bits per heavy atom. The highest BCUT2D eigenvalue weighted by molar-refractivity contribution is 5.89. The Balaban J connectivity index is 2.13. The minimum atomic E-state index is -0.404. The lowest BCUT2D eigenvalue weighted by Gasteiger charge is -2.13. The molecule has 0 aliphatic rings. The number of nitrogens with zero attached hydrogens (tertiary/aromatic N) is 1. The van der Waals surface area contributed by atoms with Crippen molar-refractivity contribution in [3.8, 4) is 22.3 Å². The predicted molar refractivity (Wildman–Crippen MR) is 93.1 cm³/mol. The van der Waals surface area contributed by atoms with Crippen LogP contribution < -0.4 is 5.73 Å². The van der Waals surface area contributed by atoms with E-state index in [0.29, 0.717) is 5.69 Å². The first-order valence-corrected chi connectivity index (χ1v) is 7.26. The molecule has 0 bridgehead atoms. The van der Waals surface area contributed by atoms with Gasteiger partial charge >= 0.3 is 0 Å². The van der Waals surface area contributed by atoms with Crippen molar-refractivity contribution in [2.75, 3.05) is 5.73 Å². The fraction of sp³-hybridized carbons (Fsp3) is 0.0526. The van der Waals surface area contributed by atoms with Crippen LogP contribution in [0.15, 0.2) is 66.7 Å². The van der Waals surface area contributed by atoms with Crippen LogP contribution in [-0.2, 0) is 0 Å². The fourth-order valence-corrected chi connectivity index (χ4v) is 2.66. The highest BCUT2D eigenvalue weighted by atomic mass is 16.6. The lowest BCUT2D eigenvalue weighted by Crippen LogP contribution is -1.96. The number of rotatable bonds is 3. The fourth-order valence-electron chi connectivity index (χ4n) is 2.66. The Morgan fingerprint density at radius 1 is 0.870 bits per heavy atom. The molecule has 0 saturated heterocycles. The number of anilines is 1. The van der Waals surface area contributed by atoms with Crippen molar-refractivity contribution in [2.45, 2.75) is 6.92 Å². The van der Waals surface area contributed by atoms with E-state index in [1.54, 1.807) is 12.1 Å². The van der Waals surface area contributed by atoms with Gasteiger partial charge in [-0.3, -0.25) is 10.1 Å². The molecule has 0 aliphatic carbocycles. The molecule has 0 heterocycles. The SMILES string of the molecule is Cc1cc(-c2ccccc2)c(N)c(-c2ccc([N+](=O)[O-])cc2)c1. The maximum absolute atomic E-state index is 10.8. The predicted octanol–water partition coefficient (Wildman–Crippen LogP) is 4.82. The molecular weight excluding hydrogens is 288 g/mol. The average Bonchev–Trinajstić information content (AvgIpc) is 2.57. The summed E-state index contributed by atoms with van der Waals surface area (Å²) in [5.41, 5.74) is 12.0. The Bertz CT molecular complexity index is 857. The highest BCUT2D eigenvalue weighted by Crippen LogP contribution is 2.36. The van der Waals surface area contributed by atoms with Crippen LogP contribution in [0.5, 0.6) is 0 Å². The number of aryl methyl sites for hydroxylation is 1. The summed E-state index contributed by atoms with van der Waals surface area (Å²) >= 11 is 0. The van der Waals surface area contributed by atoms with Gasteiger partial charge in [-0.05, 0) is 47.9 Å². The number of benzene rings is 3.